The Hall–Kier alpha value is -1.94. The Kier molecular flexibility index (Phi) is 4.69. The molecule has 0 saturated carbocycles. The van der Waals surface area contributed by atoms with Crippen molar-refractivity contribution in [2.24, 2.45) is 0 Å². The molecule has 20 heavy (non-hydrogen) atoms. The molecule has 2 nitrogen and oxygen atoms in total. The van der Waals surface area contributed by atoms with Gasteiger partial charge in [0.25, 0.3) is 0 Å². The van der Waals surface area contributed by atoms with Gasteiger partial charge in [0.1, 0.15) is 5.82 Å². The van der Waals surface area contributed by atoms with Crippen LogP contribution in [0.5, 0.6) is 5.75 Å². The van der Waals surface area contributed by atoms with E-state index in [2.05, 4.69) is 0 Å². The zero-order valence-electron chi connectivity index (χ0n) is 11.1. The smallest absolute Gasteiger partial charge is 0.165 e. The van der Waals surface area contributed by atoms with Gasteiger partial charge in [-0.1, -0.05) is 24.3 Å². The van der Waals surface area contributed by atoms with Crippen molar-refractivity contribution in [3.05, 3.63) is 65.2 Å². The van der Waals surface area contributed by atoms with Gasteiger partial charge in [0.15, 0.2) is 11.6 Å². The van der Waals surface area contributed by atoms with Crippen molar-refractivity contribution in [1.29, 1.82) is 0 Å². The molecule has 1 unspecified atom stereocenters. The Bertz CT molecular complexity index is 584. The van der Waals surface area contributed by atoms with Gasteiger partial charge < -0.3 is 9.84 Å². The number of hydrogen-bond acceptors (Lipinski definition) is 2. The van der Waals surface area contributed by atoms with Gasteiger partial charge >= 0.3 is 0 Å². The summed E-state index contributed by atoms with van der Waals surface area (Å²) in [6, 6.07) is 10.8. The molecule has 0 bridgehead atoms. The molecule has 0 amide bonds. The van der Waals surface area contributed by atoms with Crippen molar-refractivity contribution in [2.75, 3.05) is 7.11 Å². The number of benzene rings is 2. The average Bonchev–Trinajstić information content (AvgIpc) is 2.41. The summed E-state index contributed by atoms with van der Waals surface area (Å²) in [4.78, 5) is 0. The van der Waals surface area contributed by atoms with E-state index in [0.717, 1.165) is 0 Å². The molecule has 0 saturated heterocycles. The first-order valence-electron chi connectivity index (χ1n) is 6.34. The summed E-state index contributed by atoms with van der Waals surface area (Å²) >= 11 is 0. The lowest BCUT2D eigenvalue weighted by Gasteiger charge is -2.12. The highest BCUT2D eigenvalue weighted by molar-refractivity contribution is 5.30. The molecule has 1 atom stereocenters. The largest absolute Gasteiger partial charge is 0.494 e. The minimum atomic E-state index is -0.764. The summed E-state index contributed by atoms with van der Waals surface area (Å²) in [6.07, 6.45) is -0.310. The average molecular weight is 278 g/mol. The van der Waals surface area contributed by atoms with Crippen LogP contribution in [0.15, 0.2) is 42.5 Å². The molecule has 0 aromatic heterocycles. The topological polar surface area (TPSA) is 29.5 Å². The minimum absolute atomic E-state index is 0.164. The quantitative estimate of drug-likeness (QED) is 0.910. The van der Waals surface area contributed by atoms with E-state index in [1.54, 1.807) is 24.3 Å². The molecule has 0 radical (unpaired) electrons. The van der Waals surface area contributed by atoms with Crippen LogP contribution in [-0.2, 0) is 12.8 Å². The Morgan fingerprint density at radius 2 is 1.80 bits per heavy atom. The van der Waals surface area contributed by atoms with Crippen LogP contribution in [0.3, 0.4) is 0 Å². The van der Waals surface area contributed by atoms with Crippen LogP contribution in [-0.4, -0.2) is 18.3 Å². The standard InChI is InChI=1S/C16H16F2O2/c1-20-16-7-6-11(9-15(16)18)8-13(19)10-12-4-2-3-5-14(12)17/h2-7,9,13,19H,8,10H2,1H3. The van der Waals surface area contributed by atoms with Crippen molar-refractivity contribution < 1.29 is 18.6 Å². The van der Waals surface area contributed by atoms with E-state index in [9.17, 15) is 13.9 Å². The fourth-order valence-electron chi connectivity index (χ4n) is 2.10. The third-order valence-electron chi connectivity index (χ3n) is 3.10. The fraction of sp³-hybridized carbons (Fsp3) is 0.250. The molecule has 2 aromatic rings. The minimum Gasteiger partial charge on any atom is -0.494 e. The first-order valence-corrected chi connectivity index (χ1v) is 6.34. The van der Waals surface area contributed by atoms with Crippen molar-refractivity contribution in [3.8, 4) is 5.75 Å². The van der Waals surface area contributed by atoms with Gasteiger partial charge in [-0.05, 0) is 35.7 Å². The van der Waals surface area contributed by atoms with E-state index < -0.39 is 11.9 Å². The lowest BCUT2D eigenvalue weighted by molar-refractivity contribution is 0.174. The second-order valence-electron chi connectivity index (χ2n) is 4.62. The van der Waals surface area contributed by atoms with Gasteiger partial charge in [-0.2, -0.15) is 0 Å². The van der Waals surface area contributed by atoms with Crippen molar-refractivity contribution in [3.63, 3.8) is 0 Å². The summed E-state index contributed by atoms with van der Waals surface area (Å²) < 4.78 is 31.8. The van der Waals surface area contributed by atoms with Gasteiger partial charge in [-0.25, -0.2) is 8.78 Å². The second kappa shape index (κ2) is 6.48. The molecule has 0 fully saturated rings. The molecule has 1 N–H and O–H groups in total. The van der Waals surface area contributed by atoms with E-state index in [1.165, 1.54) is 25.3 Å². The monoisotopic (exact) mass is 278 g/mol. The van der Waals surface area contributed by atoms with E-state index in [1.807, 2.05) is 0 Å². The molecular formula is C16H16F2O2. The summed E-state index contributed by atoms with van der Waals surface area (Å²) in [5.74, 6) is -0.645. The first kappa shape index (κ1) is 14.5. The lowest BCUT2D eigenvalue weighted by atomic mass is 10.0. The van der Waals surface area contributed by atoms with E-state index in [4.69, 9.17) is 4.74 Å². The zero-order valence-corrected chi connectivity index (χ0v) is 11.1. The van der Waals surface area contributed by atoms with Crippen LogP contribution in [0.1, 0.15) is 11.1 Å². The molecule has 106 valence electrons. The predicted octanol–water partition coefficient (Wildman–Crippen LogP) is 3.12. The van der Waals surface area contributed by atoms with Crippen LogP contribution in [0, 0.1) is 11.6 Å². The van der Waals surface area contributed by atoms with Crippen LogP contribution in [0.25, 0.3) is 0 Å². The SMILES string of the molecule is COc1ccc(CC(O)Cc2ccccc2F)cc1F. The maximum atomic E-state index is 13.5. The number of ether oxygens (including phenoxy) is 1. The Labute approximate surface area is 116 Å². The normalized spacial score (nSPS) is 12.2. The molecular weight excluding hydrogens is 262 g/mol. The number of rotatable bonds is 5. The maximum absolute atomic E-state index is 13.5. The van der Waals surface area contributed by atoms with Crippen molar-refractivity contribution in [1.82, 2.24) is 0 Å². The van der Waals surface area contributed by atoms with Crippen LogP contribution in [0.4, 0.5) is 8.78 Å². The van der Waals surface area contributed by atoms with Gasteiger partial charge in [0.2, 0.25) is 0 Å². The Balaban J connectivity index is 2.03. The molecule has 2 aromatic carbocycles. The van der Waals surface area contributed by atoms with Crippen LogP contribution >= 0.6 is 0 Å². The highest BCUT2D eigenvalue weighted by Gasteiger charge is 2.11. The van der Waals surface area contributed by atoms with Gasteiger partial charge in [-0.15, -0.1) is 0 Å². The predicted molar refractivity (Wildman–Crippen MR) is 72.8 cm³/mol. The number of hydrogen-bond donors (Lipinski definition) is 1. The fourth-order valence-corrected chi connectivity index (χ4v) is 2.10. The first-order chi connectivity index (χ1) is 9.60. The van der Waals surface area contributed by atoms with Crippen molar-refractivity contribution >= 4 is 0 Å². The number of aliphatic hydroxyl groups excluding tert-OH is 1. The lowest BCUT2D eigenvalue weighted by Crippen LogP contribution is -2.15. The van der Waals surface area contributed by atoms with Crippen LogP contribution < -0.4 is 4.74 Å². The molecule has 4 heteroatoms. The summed E-state index contributed by atoms with van der Waals surface area (Å²) in [7, 11) is 1.39. The third kappa shape index (κ3) is 3.54. The summed E-state index contributed by atoms with van der Waals surface area (Å²) in [6.45, 7) is 0. The van der Waals surface area contributed by atoms with E-state index in [-0.39, 0.29) is 24.4 Å². The number of halogens is 2. The zero-order chi connectivity index (χ0) is 14.5. The van der Waals surface area contributed by atoms with E-state index in [0.29, 0.717) is 11.1 Å². The number of methoxy groups -OCH3 is 1. The molecule has 2 rings (SSSR count). The van der Waals surface area contributed by atoms with Gasteiger partial charge in [0.05, 0.1) is 13.2 Å². The molecule has 0 heterocycles. The molecule has 0 spiro atoms. The van der Waals surface area contributed by atoms with Gasteiger partial charge in [-0.3, -0.25) is 0 Å². The number of aliphatic hydroxyl groups is 1. The second-order valence-corrected chi connectivity index (χ2v) is 4.62. The van der Waals surface area contributed by atoms with Crippen molar-refractivity contribution in [2.45, 2.75) is 18.9 Å². The molecule has 0 aliphatic carbocycles. The third-order valence-corrected chi connectivity index (χ3v) is 3.10. The summed E-state index contributed by atoms with van der Waals surface area (Å²) in [5, 5.41) is 9.98. The van der Waals surface area contributed by atoms with E-state index >= 15 is 0 Å². The highest BCUT2D eigenvalue weighted by atomic mass is 19.1. The Morgan fingerprint density at radius 1 is 1.05 bits per heavy atom. The summed E-state index contributed by atoms with van der Waals surface area (Å²) in [5.41, 5.74) is 1.10. The highest BCUT2D eigenvalue weighted by Crippen LogP contribution is 2.19. The van der Waals surface area contributed by atoms with Crippen LogP contribution in [0.2, 0.25) is 0 Å². The maximum Gasteiger partial charge on any atom is 0.165 e. The molecule has 0 aliphatic heterocycles. The van der Waals surface area contributed by atoms with Gasteiger partial charge in [0, 0.05) is 6.42 Å². The Morgan fingerprint density at radius 3 is 2.45 bits per heavy atom. The molecule has 0 aliphatic rings.